The van der Waals surface area contributed by atoms with Crippen molar-refractivity contribution >= 4 is 0 Å². The first-order chi connectivity index (χ1) is 8.17. The molecule has 3 heteroatoms. The highest BCUT2D eigenvalue weighted by molar-refractivity contribution is 4.83. The van der Waals surface area contributed by atoms with Gasteiger partial charge in [0.05, 0.1) is 0 Å². The van der Waals surface area contributed by atoms with Gasteiger partial charge in [-0.3, -0.25) is 0 Å². The van der Waals surface area contributed by atoms with Gasteiger partial charge in [0.25, 0.3) is 0 Å². The van der Waals surface area contributed by atoms with Crippen LogP contribution in [0.5, 0.6) is 0 Å². The van der Waals surface area contributed by atoms with Crippen molar-refractivity contribution in [3.05, 3.63) is 0 Å². The molecule has 0 aromatic heterocycles. The van der Waals surface area contributed by atoms with Gasteiger partial charge in [0.1, 0.15) is 0 Å². The standard InChI is InChI=1S/C14H30N2O/c1-11-5-7-13(8-6-11)14(10-15)16-12(2)4-3-9-17/h11-14,16-17H,3-10,15H2,1-2H3. The molecule has 0 aromatic rings. The number of rotatable bonds is 7. The van der Waals surface area contributed by atoms with E-state index in [0.29, 0.717) is 18.7 Å². The van der Waals surface area contributed by atoms with Crippen molar-refractivity contribution in [3.63, 3.8) is 0 Å². The summed E-state index contributed by atoms with van der Waals surface area (Å²) in [4.78, 5) is 0. The van der Waals surface area contributed by atoms with Crippen molar-refractivity contribution in [2.24, 2.45) is 17.6 Å². The van der Waals surface area contributed by atoms with Crippen molar-refractivity contribution < 1.29 is 5.11 Å². The average Bonchev–Trinajstić information content (AvgIpc) is 2.34. The van der Waals surface area contributed by atoms with E-state index in [9.17, 15) is 0 Å². The Labute approximate surface area is 106 Å². The molecular weight excluding hydrogens is 212 g/mol. The Kier molecular flexibility index (Phi) is 7.09. The molecule has 17 heavy (non-hydrogen) atoms. The van der Waals surface area contributed by atoms with Crippen LogP contribution in [0.25, 0.3) is 0 Å². The van der Waals surface area contributed by atoms with Crippen LogP contribution in [0.3, 0.4) is 0 Å². The van der Waals surface area contributed by atoms with Crippen LogP contribution in [0, 0.1) is 11.8 Å². The summed E-state index contributed by atoms with van der Waals surface area (Å²) in [6.07, 6.45) is 7.27. The molecule has 1 aliphatic rings. The smallest absolute Gasteiger partial charge is 0.0431 e. The Hall–Kier alpha value is -0.120. The van der Waals surface area contributed by atoms with Crippen molar-refractivity contribution in [2.75, 3.05) is 13.2 Å². The van der Waals surface area contributed by atoms with Crippen LogP contribution >= 0.6 is 0 Å². The molecule has 0 aromatic carbocycles. The highest BCUT2D eigenvalue weighted by Crippen LogP contribution is 2.30. The van der Waals surface area contributed by atoms with E-state index in [1.807, 2.05) is 0 Å². The average molecular weight is 242 g/mol. The van der Waals surface area contributed by atoms with Crippen LogP contribution < -0.4 is 11.1 Å². The zero-order chi connectivity index (χ0) is 12.7. The van der Waals surface area contributed by atoms with Crippen LogP contribution in [-0.4, -0.2) is 30.3 Å². The predicted octanol–water partition coefficient (Wildman–Crippen LogP) is 1.89. The van der Waals surface area contributed by atoms with Gasteiger partial charge in [0.2, 0.25) is 0 Å². The summed E-state index contributed by atoms with van der Waals surface area (Å²) in [6, 6.07) is 0.936. The summed E-state index contributed by atoms with van der Waals surface area (Å²) in [5.41, 5.74) is 5.90. The summed E-state index contributed by atoms with van der Waals surface area (Å²) >= 11 is 0. The number of nitrogens with one attached hydrogen (secondary N) is 1. The highest BCUT2D eigenvalue weighted by atomic mass is 16.2. The summed E-state index contributed by atoms with van der Waals surface area (Å²) in [6.45, 7) is 5.58. The molecule has 3 nitrogen and oxygen atoms in total. The molecule has 0 aliphatic heterocycles. The molecule has 0 saturated heterocycles. The van der Waals surface area contributed by atoms with Gasteiger partial charge in [0, 0.05) is 25.2 Å². The lowest BCUT2D eigenvalue weighted by atomic mass is 9.79. The SMILES string of the molecule is CC1CCC(C(CN)NC(C)CCCO)CC1. The fraction of sp³-hybridized carbons (Fsp3) is 1.00. The topological polar surface area (TPSA) is 58.3 Å². The van der Waals surface area contributed by atoms with Crippen LogP contribution in [-0.2, 0) is 0 Å². The van der Waals surface area contributed by atoms with Gasteiger partial charge in [-0.1, -0.05) is 19.8 Å². The summed E-state index contributed by atoms with van der Waals surface area (Å²) < 4.78 is 0. The molecule has 0 bridgehead atoms. The van der Waals surface area contributed by atoms with Gasteiger partial charge in [-0.25, -0.2) is 0 Å². The van der Waals surface area contributed by atoms with Crippen molar-refractivity contribution in [1.82, 2.24) is 5.32 Å². The van der Waals surface area contributed by atoms with Gasteiger partial charge in [-0.05, 0) is 44.4 Å². The first-order valence-corrected chi connectivity index (χ1v) is 7.24. The molecule has 1 aliphatic carbocycles. The monoisotopic (exact) mass is 242 g/mol. The molecule has 1 rings (SSSR count). The zero-order valence-corrected chi connectivity index (χ0v) is 11.5. The van der Waals surface area contributed by atoms with E-state index in [4.69, 9.17) is 10.8 Å². The van der Waals surface area contributed by atoms with E-state index in [0.717, 1.165) is 31.2 Å². The Morgan fingerprint density at radius 1 is 1.29 bits per heavy atom. The lowest BCUT2D eigenvalue weighted by molar-refractivity contribution is 0.216. The maximum atomic E-state index is 8.83. The molecule has 102 valence electrons. The molecule has 4 N–H and O–H groups in total. The number of aliphatic hydroxyl groups excluding tert-OH is 1. The largest absolute Gasteiger partial charge is 0.396 e. The van der Waals surface area contributed by atoms with Crippen LogP contribution in [0.15, 0.2) is 0 Å². The molecule has 1 fully saturated rings. The minimum atomic E-state index is 0.292. The molecule has 0 spiro atoms. The second-order valence-electron chi connectivity index (χ2n) is 5.80. The van der Waals surface area contributed by atoms with Crippen molar-refractivity contribution in [1.29, 1.82) is 0 Å². The van der Waals surface area contributed by atoms with Gasteiger partial charge < -0.3 is 16.2 Å². The van der Waals surface area contributed by atoms with Crippen molar-refractivity contribution in [3.8, 4) is 0 Å². The van der Waals surface area contributed by atoms with Crippen LogP contribution in [0.4, 0.5) is 0 Å². The van der Waals surface area contributed by atoms with E-state index >= 15 is 0 Å². The highest BCUT2D eigenvalue weighted by Gasteiger charge is 2.25. The van der Waals surface area contributed by atoms with Gasteiger partial charge in [0.15, 0.2) is 0 Å². The summed E-state index contributed by atoms with van der Waals surface area (Å²) in [7, 11) is 0. The Bertz CT molecular complexity index is 191. The second kappa shape index (κ2) is 8.06. The second-order valence-corrected chi connectivity index (χ2v) is 5.80. The van der Waals surface area contributed by atoms with Gasteiger partial charge in [-0.15, -0.1) is 0 Å². The predicted molar refractivity (Wildman–Crippen MR) is 72.9 cm³/mol. The molecule has 0 radical (unpaired) electrons. The minimum absolute atomic E-state index is 0.292. The van der Waals surface area contributed by atoms with Gasteiger partial charge >= 0.3 is 0 Å². The Balaban J connectivity index is 2.31. The molecular formula is C14H30N2O. The third kappa shape index (κ3) is 5.36. The Morgan fingerprint density at radius 2 is 1.94 bits per heavy atom. The van der Waals surface area contributed by atoms with E-state index in [2.05, 4.69) is 19.2 Å². The van der Waals surface area contributed by atoms with E-state index in [-0.39, 0.29) is 0 Å². The van der Waals surface area contributed by atoms with Crippen LogP contribution in [0.1, 0.15) is 52.4 Å². The maximum absolute atomic E-state index is 8.83. The fourth-order valence-electron chi connectivity index (χ4n) is 2.93. The molecule has 0 heterocycles. The van der Waals surface area contributed by atoms with E-state index in [1.165, 1.54) is 25.7 Å². The lowest BCUT2D eigenvalue weighted by Crippen LogP contribution is -2.47. The maximum Gasteiger partial charge on any atom is 0.0431 e. The fourth-order valence-corrected chi connectivity index (χ4v) is 2.93. The minimum Gasteiger partial charge on any atom is -0.396 e. The number of hydrogen-bond acceptors (Lipinski definition) is 3. The third-order valence-corrected chi connectivity index (χ3v) is 4.18. The first kappa shape index (κ1) is 14.9. The van der Waals surface area contributed by atoms with Crippen LogP contribution in [0.2, 0.25) is 0 Å². The molecule has 0 amide bonds. The number of nitrogens with two attached hydrogens (primary N) is 1. The van der Waals surface area contributed by atoms with Gasteiger partial charge in [-0.2, -0.15) is 0 Å². The first-order valence-electron chi connectivity index (χ1n) is 7.24. The van der Waals surface area contributed by atoms with E-state index in [1.54, 1.807) is 0 Å². The Morgan fingerprint density at radius 3 is 2.47 bits per heavy atom. The number of aliphatic hydroxyl groups is 1. The summed E-state index contributed by atoms with van der Waals surface area (Å²) in [5, 5.41) is 12.5. The lowest BCUT2D eigenvalue weighted by Gasteiger charge is -2.34. The number of hydrogen-bond donors (Lipinski definition) is 3. The molecule has 2 atom stereocenters. The molecule has 1 saturated carbocycles. The summed E-state index contributed by atoms with van der Waals surface area (Å²) in [5.74, 6) is 1.66. The normalized spacial score (nSPS) is 28.9. The van der Waals surface area contributed by atoms with Crippen molar-refractivity contribution in [2.45, 2.75) is 64.5 Å². The van der Waals surface area contributed by atoms with E-state index < -0.39 is 0 Å². The molecule has 2 unspecified atom stereocenters. The zero-order valence-electron chi connectivity index (χ0n) is 11.5. The quantitative estimate of drug-likeness (QED) is 0.639. The third-order valence-electron chi connectivity index (χ3n) is 4.18.